The van der Waals surface area contributed by atoms with E-state index >= 15 is 0 Å². The third-order valence-electron chi connectivity index (χ3n) is 7.65. The molecule has 42 heavy (non-hydrogen) atoms. The van der Waals surface area contributed by atoms with E-state index in [-0.39, 0.29) is 50.7 Å². The molecule has 2 aromatic rings. The number of hydrazine groups is 1. The van der Waals surface area contributed by atoms with Crippen molar-refractivity contribution in [3.8, 4) is 11.5 Å². The molecule has 4 heterocycles. The van der Waals surface area contributed by atoms with E-state index in [9.17, 15) is 24.0 Å². The van der Waals surface area contributed by atoms with Crippen LogP contribution in [0.1, 0.15) is 48.0 Å². The average Bonchev–Trinajstić information content (AvgIpc) is 3.59. The molecule has 4 unspecified atom stereocenters. The molecule has 0 aliphatic carbocycles. The van der Waals surface area contributed by atoms with Crippen LogP contribution in [0.4, 0.5) is 0 Å². The number of hydrogen-bond donors (Lipinski definition) is 2. The number of hydrogen-bond acceptors (Lipinski definition) is 9. The largest absolute Gasteiger partial charge is 0.454 e. The molecule has 0 saturated carbocycles. The van der Waals surface area contributed by atoms with E-state index in [0.29, 0.717) is 24.3 Å². The van der Waals surface area contributed by atoms with Gasteiger partial charge in [0.2, 0.25) is 24.9 Å². The number of benzene rings is 2. The highest BCUT2D eigenvalue weighted by Gasteiger charge is 2.46. The van der Waals surface area contributed by atoms with Crippen LogP contribution in [0, 0.1) is 0 Å². The zero-order valence-electron chi connectivity index (χ0n) is 22.7. The second-order valence-electron chi connectivity index (χ2n) is 10.5. The fraction of sp³-hybridized carbons (Fsp3) is 0.414. The lowest BCUT2D eigenvalue weighted by molar-refractivity contribution is -0.177. The van der Waals surface area contributed by atoms with E-state index in [1.54, 1.807) is 12.1 Å². The van der Waals surface area contributed by atoms with Crippen LogP contribution >= 0.6 is 0 Å². The molecule has 3 saturated heterocycles. The van der Waals surface area contributed by atoms with Crippen molar-refractivity contribution in [2.45, 2.75) is 63.1 Å². The number of esters is 1. The van der Waals surface area contributed by atoms with Gasteiger partial charge in [0.1, 0.15) is 18.1 Å². The Hall–Kier alpha value is -4.65. The van der Waals surface area contributed by atoms with Gasteiger partial charge >= 0.3 is 5.97 Å². The van der Waals surface area contributed by atoms with Crippen LogP contribution < -0.4 is 20.1 Å². The van der Waals surface area contributed by atoms with E-state index in [1.165, 1.54) is 11.1 Å². The van der Waals surface area contributed by atoms with Crippen molar-refractivity contribution in [2.75, 3.05) is 13.3 Å². The summed E-state index contributed by atoms with van der Waals surface area (Å²) < 4.78 is 21.7. The lowest BCUT2D eigenvalue weighted by atomic mass is 10.0. The minimum atomic E-state index is -1.04. The van der Waals surface area contributed by atoms with Gasteiger partial charge in [0.25, 0.3) is 11.8 Å². The number of cyclic esters (lactones) is 1. The van der Waals surface area contributed by atoms with Crippen molar-refractivity contribution in [2.24, 2.45) is 0 Å². The Morgan fingerprint density at radius 2 is 1.79 bits per heavy atom. The van der Waals surface area contributed by atoms with Crippen LogP contribution in [0.15, 0.2) is 48.5 Å². The lowest BCUT2D eigenvalue weighted by Gasteiger charge is -2.43. The fourth-order valence-electron chi connectivity index (χ4n) is 5.52. The first kappa shape index (κ1) is 27.5. The molecular weight excluding hydrogens is 548 g/mol. The van der Waals surface area contributed by atoms with Crippen LogP contribution in [-0.2, 0) is 35.3 Å². The molecule has 4 amide bonds. The maximum absolute atomic E-state index is 13.8. The molecule has 4 atom stereocenters. The van der Waals surface area contributed by atoms with Gasteiger partial charge in [0.05, 0.1) is 13.0 Å². The number of carbonyl (C=O) groups is 5. The van der Waals surface area contributed by atoms with Gasteiger partial charge < -0.3 is 29.6 Å². The van der Waals surface area contributed by atoms with Crippen LogP contribution in [0.5, 0.6) is 11.5 Å². The smallest absolute Gasteiger partial charge is 0.310 e. The minimum absolute atomic E-state index is 0.0169. The zero-order valence-corrected chi connectivity index (χ0v) is 22.7. The van der Waals surface area contributed by atoms with Gasteiger partial charge in [-0.1, -0.05) is 30.3 Å². The first-order chi connectivity index (χ1) is 20.4. The van der Waals surface area contributed by atoms with Gasteiger partial charge in [-0.3, -0.25) is 29.0 Å². The maximum atomic E-state index is 13.8. The minimum Gasteiger partial charge on any atom is -0.454 e. The summed E-state index contributed by atoms with van der Waals surface area (Å²) in [5, 5.41) is 7.99. The number of ether oxygens (including phenoxy) is 4. The summed E-state index contributed by atoms with van der Waals surface area (Å²) in [6.45, 7) is 0.496. The van der Waals surface area contributed by atoms with Gasteiger partial charge in [0.15, 0.2) is 11.5 Å². The molecule has 13 heteroatoms. The highest BCUT2D eigenvalue weighted by molar-refractivity contribution is 6.00. The van der Waals surface area contributed by atoms with E-state index in [0.717, 1.165) is 10.6 Å². The zero-order chi connectivity index (χ0) is 29.2. The summed E-state index contributed by atoms with van der Waals surface area (Å²) in [5.74, 6) is -1.52. The lowest BCUT2D eigenvalue weighted by Crippen LogP contribution is -2.64. The highest BCUT2D eigenvalue weighted by atomic mass is 16.7. The molecule has 4 aliphatic heterocycles. The Labute approximate surface area is 241 Å². The first-order valence-electron chi connectivity index (χ1n) is 13.9. The molecule has 13 nitrogen and oxygen atoms in total. The topological polar surface area (TPSA) is 153 Å². The summed E-state index contributed by atoms with van der Waals surface area (Å²) in [4.78, 5) is 65.6. The van der Waals surface area contributed by atoms with Crippen LogP contribution in [0.3, 0.4) is 0 Å². The number of fused-ring (bicyclic) bond motifs is 2. The van der Waals surface area contributed by atoms with Gasteiger partial charge in [-0.15, -0.1) is 0 Å². The molecular formula is C29H30N4O9. The van der Waals surface area contributed by atoms with Crippen LogP contribution in [-0.4, -0.2) is 77.4 Å². The van der Waals surface area contributed by atoms with Crippen molar-refractivity contribution in [1.29, 1.82) is 0 Å². The predicted octanol–water partition coefficient (Wildman–Crippen LogP) is 1.02. The molecule has 0 bridgehead atoms. The molecule has 2 N–H and O–H groups in total. The van der Waals surface area contributed by atoms with Gasteiger partial charge in [-0.25, -0.2) is 5.01 Å². The monoisotopic (exact) mass is 578 g/mol. The fourth-order valence-corrected chi connectivity index (χ4v) is 5.52. The molecule has 4 aliphatic rings. The van der Waals surface area contributed by atoms with Crippen molar-refractivity contribution in [3.63, 3.8) is 0 Å². The number of nitrogens with zero attached hydrogens (tertiary/aromatic N) is 2. The Morgan fingerprint density at radius 3 is 2.62 bits per heavy atom. The summed E-state index contributed by atoms with van der Waals surface area (Å²) in [6, 6.07) is 11.2. The summed E-state index contributed by atoms with van der Waals surface area (Å²) in [6.07, 6.45) is -0.213. The second kappa shape index (κ2) is 11.7. The van der Waals surface area contributed by atoms with E-state index in [2.05, 4.69) is 10.6 Å². The SMILES string of the molecule is O=C1CC(NC(=O)C2CCCN3C(=O)CCC(NC(=O)c4ccc5c(c4)OCO5)C(=O)N23)C(OCc2ccccc2)O1. The van der Waals surface area contributed by atoms with Gasteiger partial charge in [0, 0.05) is 18.5 Å². The van der Waals surface area contributed by atoms with Crippen molar-refractivity contribution in [3.05, 3.63) is 59.7 Å². The highest BCUT2D eigenvalue weighted by Crippen LogP contribution is 2.33. The number of rotatable bonds is 7. The molecule has 3 fully saturated rings. The van der Waals surface area contributed by atoms with Crippen LogP contribution in [0.2, 0.25) is 0 Å². The molecule has 2 aromatic carbocycles. The summed E-state index contributed by atoms with van der Waals surface area (Å²) in [5.41, 5.74) is 1.14. The van der Waals surface area contributed by atoms with Crippen LogP contribution in [0.25, 0.3) is 0 Å². The van der Waals surface area contributed by atoms with Crippen molar-refractivity contribution < 1.29 is 42.9 Å². The van der Waals surface area contributed by atoms with E-state index in [4.69, 9.17) is 18.9 Å². The molecule has 220 valence electrons. The quantitative estimate of drug-likeness (QED) is 0.459. The van der Waals surface area contributed by atoms with Crippen molar-refractivity contribution in [1.82, 2.24) is 20.7 Å². The summed E-state index contributed by atoms with van der Waals surface area (Å²) in [7, 11) is 0. The Kier molecular flexibility index (Phi) is 7.66. The normalized spacial score (nSPS) is 25.0. The first-order valence-corrected chi connectivity index (χ1v) is 13.9. The van der Waals surface area contributed by atoms with E-state index < -0.39 is 48.1 Å². The number of nitrogens with one attached hydrogen (secondary N) is 2. The molecule has 0 spiro atoms. The predicted molar refractivity (Wildman–Crippen MR) is 142 cm³/mol. The van der Waals surface area contributed by atoms with Gasteiger partial charge in [-0.2, -0.15) is 0 Å². The third kappa shape index (κ3) is 5.59. The van der Waals surface area contributed by atoms with Crippen molar-refractivity contribution >= 4 is 29.6 Å². The van der Waals surface area contributed by atoms with Gasteiger partial charge in [-0.05, 0) is 43.0 Å². The Morgan fingerprint density at radius 1 is 0.976 bits per heavy atom. The Bertz CT molecular complexity index is 1400. The molecule has 6 rings (SSSR count). The average molecular weight is 579 g/mol. The number of amides is 4. The Balaban J connectivity index is 1.15. The van der Waals surface area contributed by atoms with E-state index in [1.807, 2.05) is 30.3 Å². The summed E-state index contributed by atoms with van der Waals surface area (Å²) >= 11 is 0. The molecule has 0 radical (unpaired) electrons. The molecule has 0 aromatic heterocycles. The maximum Gasteiger partial charge on any atom is 0.310 e. The standard InChI is InChI=1S/C29H30N4O9/c34-24-11-9-19(30-26(36)18-8-10-22-23(13-18)41-16-40-22)28(38)33-21(7-4-12-32(24)33)27(37)31-20-14-25(35)42-29(20)39-15-17-5-2-1-3-6-17/h1-3,5-6,8,10,13,19-21,29H,4,7,9,11-12,14-16H2,(H,30,36)(H,31,37). The number of carbonyl (C=O) groups excluding carboxylic acids is 5. The second-order valence-corrected chi connectivity index (χ2v) is 10.5. The third-order valence-corrected chi connectivity index (χ3v) is 7.65.